The molecular weight excluding hydrogens is 406 g/mol. The average molecular weight is 428 g/mol. The third-order valence-corrected chi connectivity index (χ3v) is 5.84. The Morgan fingerprint density at radius 1 is 1.13 bits per heavy atom. The monoisotopic (exact) mass is 427 g/mol. The number of carbonyl (C=O) groups is 3. The quantitative estimate of drug-likeness (QED) is 0.677. The standard InChI is InChI=1S/C22H22ClN3O4/c1-22(2)9-7-19(27)26(20(22)28)17-5-6-18(24-12-17)30-21(29)25-10-8-14-11-16(23)4-3-15(14)13-25/h3-6,11-12H,7-10,13H2,1-2H3. The number of benzene rings is 1. The summed E-state index contributed by atoms with van der Waals surface area (Å²) in [6.07, 6.45) is 2.41. The molecule has 1 saturated heterocycles. The number of fused-ring (bicyclic) bond motifs is 1. The number of halogens is 1. The molecule has 0 saturated carbocycles. The second kappa shape index (κ2) is 7.72. The van der Waals surface area contributed by atoms with Crippen molar-refractivity contribution in [3.63, 3.8) is 0 Å². The molecule has 0 N–H and O–H groups in total. The summed E-state index contributed by atoms with van der Waals surface area (Å²) in [6, 6.07) is 8.70. The van der Waals surface area contributed by atoms with Gasteiger partial charge in [0.2, 0.25) is 17.7 Å². The van der Waals surface area contributed by atoms with E-state index in [2.05, 4.69) is 4.98 Å². The van der Waals surface area contributed by atoms with Crippen LogP contribution in [0.5, 0.6) is 5.88 Å². The maximum Gasteiger partial charge on any atom is 0.416 e. The summed E-state index contributed by atoms with van der Waals surface area (Å²) < 4.78 is 5.39. The first-order valence-electron chi connectivity index (χ1n) is 9.82. The van der Waals surface area contributed by atoms with Gasteiger partial charge in [-0.2, -0.15) is 0 Å². The molecule has 0 radical (unpaired) electrons. The molecule has 0 unspecified atom stereocenters. The third kappa shape index (κ3) is 3.89. The molecule has 8 heteroatoms. The van der Waals surface area contributed by atoms with Crippen LogP contribution in [0.15, 0.2) is 36.5 Å². The van der Waals surface area contributed by atoms with Crippen LogP contribution in [0.3, 0.4) is 0 Å². The van der Waals surface area contributed by atoms with Crippen molar-refractivity contribution < 1.29 is 19.1 Å². The molecule has 1 fully saturated rings. The fraction of sp³-hybridized carbons (Fsp3) is 0.364. The molecule has 3 heterocycles. The van der Waals surface area contributed by atoms with Crippen molar-refractivity contribution in [2.75, 3.05) is 11.4 Å². The number of hydrogen-bond acceptors (Lipinski definition) is 5. The van der Waals surface area contributed by atoms with E-state index in [4.69, 9.17) is 16.3 Å². The third-order valence-electron chi connectivity index (χ3n) is 5.60. The van der Waals surface area contributed by atoms with Gasteiger partial charge in [0.25, 0.3) is 0 Å². The summed E-state index contributed by atoms with van der Waals surface area (Å²) in [5, 5.41) is 0.683. The molecule has 2 aromatic rings. The van der Waals surface area contributed by atoms with Crippen molar-refractivity contribution >= 4 is 35.2 Å². The predicted molar refractivity (Wildman–Crippen MR) is 111 cm³/mol. The molecule has 1 aromatic carbocycles. The molecule has 1 aromatic heterocycles. The Morgan fingerprint density at radius 3 is 2.67 bits per heavy atom. The first-order chi connectivity index (χ1) is 14.2. The average Bonchev–Trinajstić information content (AvgIpc) is 2.72. The zero-order valence-electron chi connectivity index (χ0n) is 16.9. The van der Waals surface area contributed by atoms with Gasteiger partial charge in [-0.05, 0) is 42.2 Å². The van der Waals surface area contributed by atoms with Crippen LogP contribution in [0.25, 0.3) is 0 Å². The minimum absolute atomic E-state index is 0.113. The molecule has 4 rings (SSSR count). The van der Waals surface area contributed by atoms with Crippen molar-refractivity contribution in [1.82, 2.24) is 9.88 Å². The van der Waals surface area contributed by atoms with Gasteiger partial charge in [-0.1, -0.05) is 31.5 Å². The number of ether oxygens (including phenoxy) is 1. The van der Waals surface area contributed by atoms with E-state index in [1.54, 1.807) is 17.0 Å². The first kappa shape index (κ1) is 20.3. The zero-order valence-corrected chi connectivity index (χ0v) is 17.6. The van der Waals surface area contributed by atoms with Crippen LogP contribution >= 0.6 is 11.6 Å². The van der Waals surface area contributed by atoms with Gasteiger partial charge in [-0.3, -0.25) is 9.59 Å². The van der Waals surface area contributed by atoms with E-state index in [1.807, 2.05) is 26.0 Å². The van der Waals surface area contributed by atoms with E-state index in [9.17, 15) is 14.4 Å². The number of nitrogens with zero attached hydrogens (tertiary/aromatic N) is 3. The van der Waals surface area contributed by atoms with Crippen molar-refractivity contribution in [1.29, 1.82) is 0 Å². The summed E-state index contributed by atoms with van der Waals surface area (Å²) in [6.45, 7) is 4.61. The van der Waals surface area contributed by atoms with Crippen LogP contribution < -0.4 is 9.64 Å². The van der Waals surface area contributed by atoms with Crippen molar-refractivity contribution in [3.05, 3.63) is 52.7 Å². The molecule has 0 atom stereocenters. The Balaban J connectivity index is 1.44. The summed E-state index contributed by atoms with van der Waals surface area (Å²) in [5.41, 5.74) is 1.94. The van der Waals surface area contributed by atoms with E-state index in [1.165, 1.54) is 12.3 Å². The molecule has 30 heavy (non-hydrogen) atoms. The maximum atomic E-state index is 12.6. The number of piperidine rings is 1. The topological polar surface area (TPSA) is 79.8 Å². The van der Waals surface area contributed by atoms with E-state index in [0.29, 0.717) is 43.1 Å². The van der Waals surface area contributed by atoms with Gasteiger partial charge >= 0.3 is 6.09 Å². The molecule has 3 amide bonds. The second-order valence-corrected chi connectivity index (χ2v) is 8.66. The van der Waals surface area contributed by atoms with E-state index in [0.717, 1.165) is 16.0 Å². The Bertz CT molecular complexity index is 1020. The lowest BCUT2D eigenvalue weighted by molar-refractivity contribution is -0.136. The number of pyridine rings is 1. The number of anilines is 1. The lowest BCUT2D eigenvalue weighted by Gasteiger charge is -2.35. The zero-order chi connectivity index (χ0) is 21.5. The number of hydrogen-bond donors (Lipinski definition) is 0. The lowest BCUT2D eigenvalue weighted by atomic mass is 9.82. The van der Waals surface area contributed by atoms with Crippen molar-refractivity contribution in [2.45, 2.75) is 39.7 Å². The van der Waals surface area contributed by atoms with Crippen LogP contribution in [-0.4, -0.2) is 34.3 Å². The van der Waals surface area contributed by atoms with Crippen LogP contribution in [0.2, 0.25) is 5.02 Å². The van der Waals surface area contributed by atoms with Gasteiger partial charge in [0, 0.05) is 36.0 Å². The largest absolute Gasteiger partial charge is 0.416 e. The first-order valence-corrected chi connectivity index (χ1v) is 10.2. The smallest absolute Gasteiger partial charge is 0.391 e. The van der Waals surface area contributed by atoms with Crippen LogP contribution in [0.1, 0.15) is 37.8 Å². The summed E-state index contributed by atoms with van der Waals surface area (Å²) in [4.78, 5) is 44.3. The summed E-state index contributed by atoms with van der Waals surface area (Å²) in [7, 11) is 0. The van der Waals surface area contributed by atoms with E-state index < -0.39 is 11.5 Å². The SMILES string of the molecule is CC1(C)CCC(=O)N(c2ccc(OC(=O)N3CCc4cc(Cl)ccc4C3)nc2)C1=O. The van der Waals surface area contributed by atoms with Crippen LogP contribution in [-0.2, 0) is 22.6 Å². The highest BCUT2D eigenvalue weighted by atomic mass is 35.5. The Morgan fingerprint density at radius 2 is 1.93 bits per heavy atom. The number of rotatable bonds is 2. The van der Waals surface area contributed by atoms with Crippen LogP contribution in [0, 0.1) is 5.41 Å². The fourth-order valence-electron chi connectivity index (χ4n) is 3.71. The maximum absolute atomic E-state index is 12.6. The van der Waals surface area contributed by atoms with Gasteiger partial charge in [-0.25, -0.2) is 14.7 Å². The second-order valence-electron chi connectivity index (χ2n) is 8.23. The highest BCUT2D eigenvalue weighted by Gasteiger charge is 2.41. The minimum atomic E-state index is -0.603. The number of carbonyl (C=O) groups excluding carboxylic acids is 3. The molecule has 0 aliphatic carbocycles. The molecule has 2 aliphatic rings. The van der Waals surface area contributed by atoms with Crippen molar-refractivity contribution in [2.24, 2.45) is 5.41 Å². The van der Waals surface area contributed by atoms with Crippen LogP contribution in [0.4, 0.5) is 10.5 Å². The number of amides is 3. The van der Waals surface area contributed by atoms with E-state index in [-0.39, 0.29) is 17.7 Å². The molecule has 0 bridgehead atoms. The lowest BCUT2D eigenvalue weighted by Crippen LogP contribution is -2.49. The van der Waals surface area contributed by atoms with Gasteiger partial charge in [0.1, 0.15) is 0 Å². The molecule has 156 valence electrons. The van der Waals surface area contributed by atoms with Gasteiger partial charge in [0.15, 0.2) is 0 Å². The Hall–Kier alpha value is -2.93. The summed E-state index contributed by atoms with van der Waals surface area (Å²) in [5.74, 6) is -0.392. The fourth-order valence-corrected chi connectivity index (χ4v) is 3.91. The summed E-state index contributed by atoms with van der Waals surface area (Å²) >= 11 is 6.03. The molecule has 7 nitrogen and oxygen atoms in total. The highest BCUT2D eigenvalue weighted by molar-refractivity contribution is 6.30. The van der Waals surface area contributed by atoms with Gasteiger partial charge in [0.05, 0.1) is 11.9 Å². The Labute approximate surface area is 179 Å². The van der Waals surface area contributed by atoms with E-state index >= 15 is 0 Å². The minimum Gasteiger partial charge on any atom is -0.391 e. The Kier molecular flexibility index (Phi) is 5.24. The predicted octanol–water partition coefficient (Wildman–Crippen LogP) is 3.97. The molecule has 2 aliphatic heterocycles. The van der Waals surface area contributed by atoms with Crippen molar-refractivity contribution in [3.8, 4) is 5.88 Å². The number of aromatic nitrogens is 1. The van der Waals surface area contributed by atoms with Gasteiger partial charge < -0.3 is 9.64 Å². The highest BCUT2D eigenvalue weighted by Crippen LogP contribution is 2.34. The molecular formula is C22H22ClN3O4. The normalized spacial score (nSPS) is 18.2. The molecule has 0 spiro atoms. The number of imide groups is 1. The van der Waals surface area contributed by atoms with Gasteiger partial charge in [-0.15, -0.1) is 0 Å².